The highest BCUT2D eigenvalue weighted by molar-refractivity contribution is 5.72. The van der Waals surface area contributed by atoms with E-state index in [1.54, 1.807) is 6.08 Å². The van der Waals surface area contributed by atoms with Gasteiger partial charge in [-0.2, -0.15) is 0 Å². The Morgan fingerprint density at radius 1 is 0.272 bits per heavy atom. The largest absolute Gasteiger partial charge is 0.462 e. The molecule has 0 aliphatic carbocycles. The molecule has 0 aliphatic heterocycles. The Morgan fingerprint density at radius 3 is 0.864 bits per heavy atom. The number of ether oxygens (including phenoxy) is 3. The van der Waals surface area contributed by atoms with E-state index in [2.05, 4.69) is 167 Å². The van der Waals surface area contributed by atoms with Crippen LogP contribution in [0.15, 0.2) is 158 Å². The second kappa shape index (κ2) is 67.5. The summed E-state index contributed by atoms with van der Waals surface area (Å²) in [6.45, 7) is 6.29. The Labute approximate surface area is 499 Å². The van der Waals surface area contributed by atoms with Gasteiger partial charge in [0.15, 0.2) is 6.10 Å². The van der Waals surface area contributed by atoms with Gasteiger partial charge < -0.3 is 14.2 Å². The van der Waals surface area contributed by atoms with Gasteiger partial charge in [0.05, 0.1) is 6.42 Å². The molecule has 0 saturated heterocycles. The van der Waals surface area contributed by atoms with Crippen LogP contribution >= 0.6 is 0 Å². The highest BCUT2D eigenvalue weighted by Crippen LogP contribution is 2.15. The van der Waals surface area contributed by atoms with Crippen LogP contribution in [-0.2, 0) is 28.6 Å². The Kier molecular flexibility index (Phi) is 63.4. The average molecular weight is 1120 g/mol. The lowest BCUT2D eigenvalue weighted by Gasteiger charge is -2.18. The van der Waals surface area contributed by atoms with Gasteiger partial charge in [0.2, 0.25) is 0 Å². The van der Waals surface area contributed by atoms with Crippen molar-refractivity contribution in [2.24, 2.45) is 0 Å². The van der Waals surface area contributed by atoms with Crippen LogP contribution in [0.4, 0.5) is 0 Å². The van der Waals surface area contributed by atoms with Gasteiger partial charge in [0.25, 0.3) is 0 Å². The second-order valence-electron chi connectivity index (χ2n) is 21.3. The van der Waals surface area contributed by atoms with Gasteiger partial charge in [-0.15, -0.1) is 0 Å². The fraction of sp³-hybridized carbons (Fsp3) is 0.613. The van der Waals surface area contributed by atoms with Crippen LogP contribution in [0.25, 0.3) is 0 Å². The quantitative estimate of drug-likeness (QED) is 0.0261. The van der Waals surface area contributed by atoms with E-state index in [0.717, 1.165) is 128 Å². The summed E-state index contributed by atoms with van der Waals surface area (Å²) in [5.74, 6) is -1.07. The van der Waals surface area contributed by atoms with Crippen molar-refractivity contribution < 1.29 is 28.6 Å². The molecule has 0 aliphatic rings. The van der Waals surface area contributed by atoms with E-state index < -0.39 is 12.1 Å². The second-order valence-corrected chi connectivity index (χ2v) is 21.3. The summed E-state index contributed by atoms with van der Waals surface area (Å²) in [4.78, 5) is 38.3. The van der Waals surface area contributed by atoms with Gasteiger partial charge in [-0.1, -0.05) is 288 Å². The molecule has 0 saturated carbocycles. The van der Waals surface area contributed by atoms with Gasteiger partial charge in [-0.05, 0) is 128 Å². The molecule has 0 rings (SSSR count). The zero-order valence-electron chi connectivity index (χ0n) is 52.2. The van der Waals surface area contributed by atoms with Gasteiger partial charge in [0, 0.05) is 12.8 Å². The first-order valence-electron chi connectivity index (χ1n) is 33.0. The lowest BCUT2D eigenvalue weighted by atomic mass is 10.0. The maximum absolute atomic E-state index is 12.9. The van der Waals surface area contributed by atoms with E-state index in [9.17, 15) is 14.4 Å². The van der Waals surface area contributed by atoms with Gasteiger partial charge in [-0.3, -0.25) is 14.4 Å². The normalized spacial score (nSPS) is 13.2. The Hall–Kier alpha value is -4.97. The SMILES string of the molecule is CC/C=C\C/C=C\C/C=C\C/C=C\C/C=C\CCCCCCCCCCCCCCCC(=O)OCC(COC(=O)C/C=C\C/C=C\C/C=C\C/C=C\C/C=C\CC)OC(=O)CCCCCCCC/C=C\C/C=C\C/C=C\CCCCC. The predicted octanol–water partition coefficient (Wildman–Crippen LogP) is 22.9. The van der Waals surface area contributed by atoms with Crippen molar-refractivity contribution in [3.05, 3.63) is 158 Å². The van der Waals surface area contributed by atoms with Crippen molar-refractivity contribution in [2.75, 3.05) is 13.2 Å². The highest BCUT2D eigenvalue weighted by Gasteiger charge is 2.19. The number of esters is 3. The molecule has 81 heavy (non-hydrogen) atoms. The smallest absolute Gasteiger partial charge is 0.309 e. The molecule has 0 heterocycles. The summed E-state index contributed by atoms with van der Waals surface area (Å²) in [6.07, 6.45) is 98.5. The van der Waals surface area contributed by atoms with Crippen molar-refractivity contribution in [3.63, 3.8) is 0 Å². The molecule has 1 unspecified atom stereocenters. The molecule has 1 atom stereocenters. The van der Waals surface area contributed by atoms with Gasteiger partial charge in [0.1, 0.15) is 13.2 Å². The van der Waals surface area contributed by atoms with Crippen LogP contribution in [0.2, 0.25) is 0 Å². The topological polar surface area (TPSA) is 78.9 Å². The van der Waals surface area contributed by atoms with Crippen LogP contribution in [0.3, 0.4) is 0 Å². The first-order chi connectivity index (χ1) is 40.0. The summed E-state index contributed by atoms with van der Waals surface area (Å²) in [5, 5.41) is 0. The van der Waals surface area contributed by atoms with Crippen molar-refractivity contribution in [2.45, 2.75) is 284 Å². The minimum absolute atomic E-state index is 0.118. The standard InChI is InChI=1S/C75H120O6/c1-4-7-10-13-16-19-22-25-28-30-32-33-34-35-36-37-38-39-40-41-43-44-47-50-53-56-59-62-65-68-74(77)80-71-72(70-79-73(76)67-64-61-58-55-52-49-46-27-24-21-18-15-12-9-6-3)81-75(78)69-66-63-60-57-54-51-48-45-42-31-29-26-23-20-17-14-11-8-5-2/h7,9-10,12,16-21,25-29,32-33,35-36,42,45-46,52,55,61,64,72H,4-6,8,11,13-15,22-24,30-31,34,37-41,43-44,47-51,53-54,56-60,62-63,65-71H2,1-3H3/b10-7-,12-9-,19-16-,20-17-,21-18-,28-25-,29-26-,33-32-,36-35-,45-42-,46-27-,55-52-,64-61-. The maximum Gasteiger partial charge on any atom is 0.309 e. The van der Waals surface area contributed by atoms with E-state index in [0.29, 0.717) is 6.42 Å². The summed E-state index contributed by atoms with van der Waals surface area (Å²) < 4.78 is 16.8. The average Bonchev–Trinajstić information content (AvgIpc) is 3.47. The fourth-order valence-electron chi connectivity index (χ4n) is 8.67. The maximum atomic E-state index is 12.9. The molecule has 6 nitrogen and oxygen atoms in total. The lowest BCUT2D eigenvalue weighted by molar-refractivity contribution is -0.166. The molecular formula is C75H120O6. The molecule has 0 aromatic rings. The Balaban J connectivity index is 4.40. The Bertz CT molecular complexity index is 1810. The van der Waals surface area contributed by atoms with Gasteiger partial charge in [-0.25, -0.2) is 0 Å². The molecule has 0 amide bonds. The minimum Gasteiger partial charge on any atom is -0.462 e. The highest BCUT2D eigenvalue weighted by atomic mass is 16.6. The van der Waals surface area contributed by atoms with Crippen molar-refractivity contribution >= 4 is 17.9 Å². The number of hydrogen-bond donors (Lipinski definition) is 0. The van der Waals surface area contributed by atoms with E-state index >= 15 is 0 Å². The first kappa shape index (κ1) is 76.0. The minimum atomic E-state index is -0.834. The van der Waals surface area contributed by atoms with Crippen LogP contribution in [0.5, 0.6) is 0 Å². The number of rotatable bonds is 58. The monoisotopic (exact) mass is 1120 g/mol. The molecule has 0 N–H and O–H groups in total. The first-order valence-corrected chi connectivity index (χ1v) is 33.0. The van der Waals surface area contributed by atoms with E-state index in [1.807, 2.05) is 6.08 Å². The zero-order chi connectivity index (χ0) is 58.5. The number of hydrogen-bond acceptors (Lipinski definition) is 6. The molecular weight excluding hydrogens is 997 g/mol. The number of allylic oxidation sites excluding steroid dienone is 25. The number of unbranched alkanes of at least 4 members (excludes halogenated alkanes) is 22. The van der Waals surface area contributed by atoms with E-state index in [4.69, 9.17) is 14.2 Å². The summed E-state index contributed by atoms with van der Waals surface area (Å²) in [5.41, 5.74) is 0. The molecule has 456 valence electrons. The van der Waals surface area contributed by atoms with Crippen molar-refractivity contribution in [1.29, 1.82) is 0 Å². The third kappa shape index (κ3) is 65.7. The molecule has 0 aromatic heterocycles. The molecule has 0 bridgehead atoms. The lowest BCUT2D eigenvalue weighted by Crippen LogP contribution is -2.30. The van der Waals surface area contributed by atoms with Crippen molar-refractivity contribution in [1.82, 2.24) is 0 Å². The van der Waals surface area contributed by atoms with Crippen LogP contribution in [-0.4, -0.2) is 37.2 Å². The molecule has 0 aromatic carbocycles. The third-order valence-electron chi connectivity index (χ3n) is 13.5. The van der Waals surface area contributed by atoms with Crippen LogP contribution in [0, 0.1) is 0 Å². The summed E-state index contributed by atoms with van der Waals surface area (Å²) >= 11 is 0. The summed E-state index contributed by atoms with van der Waals surface area (Å²) in [7, 11) is 0. The number of carbonyl (C=O) groups is 3. The van der Waals surface area contributed by atoms with E-state index in [1.165, 1.54) is 109 Å². The molecule has 0 fully saturated rings. The Morgan fingerprint density at radius 2 is 0.531 bits per heavy atom. The fourth-order valence-corrected chi connectivity index (χ4v) is 8.67. The molecule has 0 radical (unpaired) electrons. The zero-order valence-corrected chi connectivity index (χ0v) is 52.2. The van der Waals surface area contributed by atoms with Crippen molar-refractivity contribution in [3.8, 4) is 0 Å². The van der Waals surface area contributed by atoms with Gasteiger partial charge >= 0.3 is 17.9 Å². The van der Waals surface area contributed by atoms with Crippen LogP contribution in [0.1, 0.15) is 278 Å². The molecule has 6 heteroatoms. The molecule has 0 spiro atoms. The van der Waals surface area contributed by atoms with Crippen LogP contribution < -0.4 is 0 Å². The third-order valence-corrected chi connectivity index (χ3v) is 13.5. The summed E-state index contributed by atoms with van der Waals surface area (Å²) in [6, 6.07) is 0. The number of carbonyl (C=O) groups excluding carboxylic acids is 3. The van der Waals surface area contributed by atoms with E-state index in [-0.39, 0.29) is 38.0 Å². The predicted molar refractivity (Wildman–Crippen MR) is 352 cm³/mol.